The standard InChI is InChI=1S/C14H21N3O2S/c1-14(18,10-20-3)9-16-12(11-5-4-8-19-11)13-15-6-7-17(13)2/h4-8,12,16,18H,9-10H2,1-3H3. The smallest absolute Gasteiger partial charge is 0.133 e. The minimum Gasteiger partial charge on any atom is -0.467 e. The predicted molar refractivity (Wildman–Crippen MR) is 80.8 cm³/mol. The van der Waals surface area contributed by atoms with E-state index in [0.29, 0.717) is 12.3 Å². The first-order valence-electron chi connectivity index (χ1n) is 6.49. The van der Waals surface area contributed by atoms with E-state index in [2.05, 4.69) is 10.3 Å². The lowest BCUT2D eigenvalue weighted by atomic mass is 10.1. The Morgan fingerprint density at radius 2 is 2.40 bits per heavy atom. The second-order valence-corrected chi connectivity index (χ2v) is 6.02. The molecule has 0 spiro atoms. The van der Waals surface area contributed by atoms with Gasteiger partial charge in [0, 0.05) is 31.7 Å². The molecule has 2 aromatic rings. The quantitative estimate of drug-likeness (QED) is 0.815. The van der Waals surface area contributed by atoms with Crippen molar-refractivity contribution in [3.05, 3.63) is 42.4 Å². The Labute approximate surface area is 123 Å². The first-order valence-corrected chi connectivity index (χ1v) is 7.88. The molecule has 2 rings (SSSR count). The van der Waals surface area contributed by atoms with Crippen molar-refractivity contribution < 1.29 is 9.52 Å². The van der Waals surface area contributed by atoms with Crippen molar-refractivity contribution in [2.24, 2.45) is 7.05 Å². The number of nitrogens with zero attached hydrogens (tertiary/aromatic N) is 2. The maximum absolute atomic E-state index is 10.3. The van der Waals surface area contributed by atoms with Crippen LogP contribution in [0, 0.1) is 0 Å². The second kappa shape index (κ2) is 6.47. The second-order valence-electron chi connectivity index (χ2n) is 5.16. The normalized spacial score (nSPS) is 16.0. The molecular weight excluding hydrogens is 274 g/mol. The van der Waals surface area contributed by atoms with Gasteiger partial charge in [0.15, 0.2) is 0 Å². The summed E-state index contributed by atoms with van der Waals surface area (Å²) in [4.78, 5) is 4.37. The molecule has 6 heteroatoms. The molecule has 0 aliphatic carbocycles. The Morgan fingerprint density at radius 3 is 2.95 bits per heavy atom. The molecule has 2 atom stereocenters. The third kappa shape index (κ3) is 3.65. The van der Waals surface area contributed by atoms with Crippen LogP contribution in [0.4, 0.5) is 0 Å². The summed E-state index contributed by atoms with van der Waals surface area (Å²) in [6.07, 6.45) is 7.28. The molecule has 0 saturated heterocycles. The van der Waals surface area contributed by atoms with Gasteiger partial charge >= 0.3 is 0 Å². The van der Waals surface area contributed by atoms with Crippen molar-refractivity contribution in [3.8, 4) is 0 Å². The predicted octanol–water partition coefficient (Wildman–Crippen LogP) is 1.81. The lowest BCUT2D eigenvalue weighted by molar-refractivity contribution is 0.0816. The van der Waals surface area contributed by atoms with Crippen molar-refractivity contribution in [2.75, 3.05) is 18.6 Å². The van der Waals surface area contributed by atoms with Crippen molar-refractivity contribution in [1.29, 1.82) is 0 Å². The van der Waals surface area contributed by atoms with E-state index in [1.165, 1.54) is 0 Å². The average molecular weight is 295 g/mol. The molecule has 2 heterocycles. The third-order valence-electron chi connectivity index (χ3n) is 3.09. The highest BCUT2D eigenvalue weighted by molar-refractivity contribution is 7.98. The van der Waals surface area contributed by atoms with Gasteiger partial charge in [-0.2, -0.15) is 11.8 Å². The lowest BCUT2D eigenvalue weighted by Gasteiger charge is -2.25. The van der Waals surface area contributed by atoms with E-state index in [-0.39, 0.29) is 6.04 Å². The van der Waals surface area contributed by atoms with Crippen molar-refractivity contribution in [1.82, 2.24) is 14.9 Å². The zero-order valence-electron chi connectivity index (χ0n) is 12.0. The summed E-state index contributed by atoms with van der Waals surface area (Å²) in [6, 6.07) is 3.60. The number of aryl methyl sites for hydroxylation is 1. The number of thioether (sulfide) groups is 1. The maximum Gasteiger partial charge on any atom is 0.133 e. The Bertz CT molecular complexity index is 522. The zero-order valence-corrected chi connectivity index (χ0v) is 12.9. The highest BCUT2D eigenvalue weighted by Gasteiger charge is 2.25. The van der Waals surface area contributed by atoms with Crippen LogP contribution in [0.3, 0.4) is 0 Å². The van der Waals surface area contributed by atoms with Gasteiger partial charge in [-0.15, -0.1) is 0 Å². The van der Waals surface area contributed by atoms with E-state index in [4.69, 9.17) is 4.42 Å². The first-order chi connectivity index (χ1) is 9.53. The Morgan fingerprint density at radius 1 is 1.60 bits per heavy atom. The van der Waals surface area contributed by atoms with Gasteiger partial charge in [0.25, 0.3) is 0 Å². The number of aromatic nitrogens is 2. The van der Waals surface area contributed by atoms with Gasteiger partial charge in [0.1, 0.15) is 17.6 Å². The molecule has 0 radical (unpaired) electrons. The minimum absolute atomic E-state index is 0.168. The molecule has 2 unspecified atom stereocenters. The van der Waals surface area contributed by atoms with Gasteiger partial charge in [-0.1, -0.05) is 0 Å². The van der Waals surface area contributed by atoms with Crippen LogP contribution in [-0.2, 0) is 7.05 Å². The SMILES string of the molecule is CSCC(C)(O)CNC(c1ccco1)c1nccn1C. The molecule has 0 bridgehead atoms. The first kappa shape index (κ1) is 15.2. The van der Waals surface area contributed by atoms with E-state index in [0.717, 1.165) is 11.6 Å². The summed E-state index contributed by atoms with van der Waals surface area (Å²) in [5.74, 6) is 2.32. The van der Waals surface area contributed by atoms with Gasteiger partial charge in [-0.25, -0.2) is 4.98 Å². The Balaban J connectivity index is 2.15. The summed E-state index contributed by atoms with van der Waals surface area (Å²) >= 11 is 1.62. The molecular formula is C14H21N3O2S. The van der Waals surface area contributed by atoms with Gasteiger partial charge in [-0.3, -0.25) is 5.32 Å². The summed E-state index contributed by atoms with van der Waals surface area (Å²) in [5, 5.41) is 13.6. The maximum atomic E-state index is 10.3. The third-order valence-corrected chi connectivity index (χ3v) is 4.00. The molecule has 0 fully saturated rings. The number of aliphatic hydroxyl groups is 1. The Kier molecular flexibility index (Phi) is 4.91. The van der Waals surface area contributed by atoms with E-state index in [1.54, 1.807) is 24.2 Å². The topological polar surface area (TPSA) is 63.2 Å². The van der Waals surface area contributed by atoms with Crippen LogP contribution in [0.1, 0.15) is 24.6 Å². The molecule has 0 aromatic carbocycles. The van der Waals surface area contributed by atoms with E-state index >= 15 is 0 Å². The fraction of sp³-hybridized carbons (Fsp3) is 0.500. The van der Waals surface area contributed by atoms with Gasteiger partial charge in [0.2, 0.25) is 0 Å². The average Bonchev–Trinajstić information content (AvgIpc) is 3.02. The van der Waals surface area contributed by atoms with Gasteiger partial charge < -0.3 is 14.1 Å². The van der Waals surface area contributed by atoms with Crippen LogP contribution in [0.25, 0.3) is 0 Å². The van der Waals surface area contributed by atoms with E-state index in [9.17, 15) is 5.11 Å². The molecule has 5 nitrogen and oxygen atoms in total. The van der Waals surface area contributed by atoms with Crippen LogP contribution < -0.4 is 5.32 Å². The van der Waals surface area contributed by atoms with Crippen molar-refractivity contribution in [2.45, 2.75) is 18.6 Å². The number of nitrogens with one attached hydrogen (secondary N) is 1. The van der Waals surface area contributed by atoms with E-state index in [1.807, 2.05) is 43.1 Å². The number of rotatable bonds is 7. The van der Waals surface area contributed by atoms with Crippen LogP contribution >= 0.6 is 11.8 Å². The van der Waals surface area contributed by atoms with Crippen LogP contribution in [-0.4, -0.2) is 38.8 Å². The molecule has 2 N–H and O–H groups in total. The lowest BCUT2D eigenvalue weighted by Crippen LogP contribution is -2.42. The monoisotopic (exact) mass is 295 g/mol. The zero-order chi connectivity index (χ0) is 14.6. The molecule has 110 valence electrons. The van der Waals surface area contributed by atoms with Gasteiger partial charge in [-0.05, 0) is 25.3 Å². The summed E-state index contributed by atoms with van der Waals surface area (Å²) in [5.41, 5.74) is -0.768. The molecule has 20 heavy (non-hydrogen) atoms. The number of furan rings is 1. The largest absolute Gasteiger partial charge is 0.467 e. The summed E-state index contributed by atoms with van der Waals surface area (Å²) in [7, 11) is 1.94. The molecule has 0 aliphatic rings. The molecule has 2 aromatic heterocycles. The van der Waals surface area contributed by atoms with Crippen molar-refractivity contribution >= 4 is 11.8 Å². The van der Waals surface area contributed by atoms with Crippen LogP contribution in [0.2, 0.25) is 0 Å². The number of hydrogen-bond donors (Lipinski definition) is 2. The summed E-state index contributed by atoms with van der Waals surface area (Å²) < 4.78 is 7.44. The molecule has 0 aliphatic heterocycles. The highest BCUT2D eigenvalue weighted by atomic mass is 32.2. The number of imidazole rings is 1. The Hall–Kier alpha value is -1.24. The minimum atomic E-state index is -0.768. The van der Waals surface area contributed by atoms with Crippen LogP contribution in [0.15, 0.2) is 35.2 Å². The summed E-state index contributed by atoms with van der Waals surface area (Å²) in [6.45, 7) is 2.29. The highest BCUT2D eigenvalue weighted by Crippen LogP contribution is 2.22. The fourth-order valence-corrected chi connectivity index (χ4v) is 2.84. The van der Waals surface area contributed by atoms with E-state index < -0.39 is 5.60 Å². The van der Waals surface area contributed by atoms with Crippen molar-refractivity contribution in [3.63, 3.8) is 0 Å². The van der Waals surface area contributed by atoms with Gasteiger partial charge in [0.05, 0.1) is 11.9 Å². The molecule has 0 saturated carbocycles. The van der Waals surface area contributed by atoms with Crippen LogP contribution in [0.5, 0.6) is 0 Å². The number of hydrogen-bond acceptors (Lipinski definition) is 5. The fourth-order valence-electron chi connectivity index (χ4n) is 2.11. The molecule has 0 amide bonds.